The molecule has 1 unspecified atom stereocenters. The highest BCUT2D eigenvalue weighted by molar-refractivity contribution is 14.1. The standard InChI is InChI=1S/C13H17IN2O/c1-2-16(12-7-8-15-9-12)13(17)10-3-5-11(14)6-4-10/h3-6,12,15H,2,7-9H2,1H3. The van der Waals surface area contributed by atoms with E-state index < -0.39 is 0 Å². The Bertz CT molecular complexity index is 385. The maximum absolute atomic E-state index is 12.4. The zero-order valence-electron chi connectivity index (χ0n) is 9.95. The first-order valence-electron chi connectivity index (χ1n) is 5.99. The predicted molar refractivity (Wildman–Crippen MR) is 77.1 cm³/mol. The van der Waals surface area contributed by atoms with Gasteiger partial charge in [0.15, 0.2) is 0 Å². The molecule has 1 amide bonds. The van der Waals surface area contributed by atoms with Crippen molar-refractivity contribution in [3.05, 3.63) is 33.4 Å². The first-order valence-corrected chi connectivity index (χ1v) is 7.07. The van der Waals surface area contributed by atoms with Crippen molar-refractivity contribution in [1.29, 1.82) is 0 Å². The number of amides is 1. The van der Waals surface area contributed by atoms with Gasteiger partial charge in [0.25, 0.3) is 5.91 Å². The SMILES string of the molecule is CCN(C(=O)c1ccc(I)cc1)C1CCNC1. The highest BCUT2D eigenvalue weighted by atomic mass is 127. The van der Waals surface area contributed by atoms with Crippen LogP contribution in [0.25, 0.3) is 0 Å². The third-order valence-corrected chi connectivity index (χ3v) is 3.89. The summed E-state index contributed by atoms with van der Waals surface area (Å²) < 4.78 is 1.16. The Balaban J connectivity index is 2.13. The molecule has 4 heteroatoms. The van der Waals surface area contributed by atoms with Crippen molar-refractivity contribution in [2.75, 3.05) is 19.6 Å². The van der Waals surface area contributed by atoms with E-state index in [4.69, 9.17) is 0 Å². The van der Waals surface area contributed by atoms with Gasteiger partial charge in [-0.15, -0.1) is 0 Å². The fraction of sp³-hybridized carbons (Fsp3) is 0.462. The molecule has 1 fully saturated rings. The van der Waals surface area contributed by atoms with Gasteiger partial charge in [0.2, 0.25) is 0 Å². The normalized spacial score (nSPS) is 19.3. The van der Waals surface area contributed by atoms with Crippen LogP contribution in [0.1, 0.15) is 23.7 Å². The Morgan fingerprint density at radius 3 is 2.71 bits per heavy atom. The van der Waals surface area contributed by atoms with E-state index in [-0.39, 0.29) is 5.91 Å². The van der Waals surface area contributed by atoms with Crippen LogP contribution in [0.4, 0.5) is 0 Å². The van der Waals surface area contributed by atoms with Crippen molar-refractivity contribution in [3.63, 3.8) is 0 Å². The summed E-state index contributed by atoms with van der Waals surface area (Å²) in [6, 6.07) is 8.14. The molecule has 0 bridgehead atoms. The number of nitrogens with zero attached hydrogens (tertiary/aromatic N) is 1. The maximum atomic E-state index is 12.4. The second-order valence-corrected chi connectivity index (χ2v) is 5.49. The Hall–Kier alpha value is -0.620. The number of hydrogen-bond donors (Lipinski definition) is 1. The van der Waals surface area contributed by atoms with E-state index in [9.17, 15) is 4.79 Å². The van der Waals surface area contributed by atoms with Crippen molar-refractivity contribution < 1.29 is 4.79 Å². The van der Waals surface area contributed by atoms with Crippen molar-refractivity contribution in [3.8, 4) is 0 Å². The van der Waals surface area contributed by atoms with Crippen LogP contribution in [-0.2, 0) is 0 Å². The zero-order chi connectivity index (χ0) is 12.3. The van der Waals surface area contributed by atoms with Gasteiger partial charge >= 0.3 is 0 Å². The lowest BCUT2D eigenvalue weighted by molar-refractivity contribution is 0.0704. The van der Waals surface area contributed by atoms with E-state index in [1.807, 2.05) is 36.1 Å². The Morgan fingerprint density at radius 1 is 1.47 bits per heavy atom. The highest BCUT2D eigenvalue weighted by Crippen LogP contribution is 2.14. The molecule has 1 aromatic carbocycles. The predicted octanol–water partition coefficient (Wildman–Crippen LogP) is 2.12. The number of nitrogens with one attached hydrogen (secondary N) is 1. The first-order chi connectivity index (χ1) is 8.22. The molecular weight excluding hydrogens is 327 g/mol. The Kier molecular flexibility index (Phi) is 4.39. The van der Waals surface area contributed by atoms with Gasteiger partial charge in [-0.1, -0.05) is 0 Å². The summed E-state index contributed by atoms with van der Waals surface area (Å²) >= 11 is 2.25. The lowest BCUT2D eigenvalue weighted by Crippen LogP contribution is -2.41. The third kappa shape index (κ3) is 2.98. The molecule has 0 saturated carbocycles. The molecule has 0 radical (unpaired) electrons. The van der Waals surface area contributed by atoms with E-state index in [0.29, 0.717) is 6.04 Å². The summed E-state index contributed by atoms with van der Waals surface area (Å²) in [7, 11) is 0. The van der Waals surface area contributed by atoms with Crippen LogP contribution < -0.4 is 5.32 Å². The quantitative estimate of drug-likeness (QED) is 0.852. The summed E-state index contributed by atoms with van der Waals surface area (Å²) in [4.78, 5) is 14.3. The molecule has 1 atom stereocenters. The van der Waals surface area contributed by atoms with Crippen LogP contribution in [0, 0.1) is 3.57 Å². The van der Waals surface area contributed by atoms with Gasteiger partial charge in [-0.25, -0.2) is 0 Å². The number of rotatable bonds is 3. The largest absolute Gasteiger partial charge is 0.335 e. The second kappa shape index (κ2) is 5.82. The average molecular weight is 344 g/mol. The van der Waals surface area contributed by atoms with Gasteiger partial charge in [-0.2, -0.15) is 0 Å². The number of hydrogen-bond acceptors (Lipinski definition) is 2. The van der Waals surface area contributed by atoms with Crippen LogP contribution in [0.15, 0.2) is 24.3 Å². The Labute approximate surface area is 116 Å². The summed E-state index contributed by atoms with van der Waals surface area (Å²) in [6.45, 7) is 4.76. The molecule has 2 rings (SSSR count). The molecule has 1 N–H and O–H groups in total. The summed E-state index contributed by atoms with van der Waals surface area (Å²) in [5, 5.41) is 3.31. The molecule has 0 spiro atoms. The summed E-state index contributed by atoms with van der Waals surface area (Å²) in [6.07, 6.45) is 1.06. The van der Waals surface area contributed by atoms with E-state index in [0.717, 1.165) is 35.2 Å². The molecule has 0 aromatic heterocycles. The lowest BCUT2D eigenvalue weighted by atomic mass is 10.1. The minimum absolute atomic E-state index is 0.151. The van der Waals surface area contributed by atoms with Crippen LogP contribution in [0.2, 0.25) is 0 Å². The van der Waals surface area contributed by atoms with Gasteiger partial charge in [-0.3, -0.25) is 4.79 Å². The highest BCUT2D eigenvalue weighted by Gasteiger charge is 2.25. The number of carbonyl (C=O) groups excluding carboxylic acids is 1. The van der Waals surface area contributed by atoms with Crippen LogP contribution in [0.5, 0.6) is 0 Å². The van der Waals surface area contributed by atoms with E-state index in [1.54, 1.807) is 0 Å². The first kappa shape index (κ1) is 12.8. The van der Waals surface area contributed by atoms with Gasteiger partial charge in [0, 0.05) is 28.3 Å². The van der Waals surface area contributed by atoms with Gasteiger partial charge in [-0.05, 0) is 66.7 Å². The molecule has 1 aliphatic rings. The molecule has 3 nitrogen and oxygen atoms in total. The zero-order valence-corrected chi connectivity index (χ0v) is 12.1. The molecule has 1 heterocycles. The average Bonchev–Trinajstić information content (AvgIpc) is 2.84. The maximum Gasteiger partial charge on any atom is 0.254 e. The van der Waals surface area contributed by atoms with Crippen LogP contribution >= 0.6 is 22.6 Å². The van der Waals surface area contributed by atoms with Crippen molar-refractivity contribution in [2.24, 2.45) is 0 Å². The minimum atomic E-state index is 0.151. The number of halogens is 1. The smallest absolute Gasteiger partial charge is 0.254 e. The number of likely N-dealkylation sites (N-methyl/N-ethyl adjacent to an activating group) is 1. The van der Waals surface area contributed by atoms with Gasteiger partial charge in [0.1, 0.15) is 0 Å². The van der Waals surface area contributed by atoms with Crippen LogP contribution in [0.3, 0.4) is 0 Å². The van der Waals surface area contributed by atoms with Crippen molar-refractivity contribution >= 4 is 28.5 Å². The minimum Gasteiger partial charge on any atom is -0.335 e. The molecule has 1 saturated heterocycles. The van der Waals surface area contributed by atoms with Crippen molar-refractivity contribution in [2.45, 2.75) is 19.4 Å². The summed E-state index contributed by atoms with van der Waals surface area (Å²) in [5.41, 5.74) is 0.791. The lowest BCUT2D eigenvalue weighted by Gasteiger charge is -2.27. The number of carbonyl (C=O) groups is 1. The second-order valence-electron chi connectivity index (χ2n) is 4.24. The fourth-order valence-corrected chi connectivity index (χ4v) is 2.59. The summed E-state index contributed by atoms with van der Waals surface area (Å²) in [5.74, 6) is 0.151. The van der Waals surface area contributed by atoms with Crippen molar-refractivity contribution in [1.82, 2.24) is 10.2 Å². The molecular formula is C13H17IN2O. The van der Waals surface area contributed by atoms with Crippen LogP contribution in [-0.4, -0.2) is 36.5 Å². The molecule has 0 aliphatic carbocycles. The van der Waals surface area contributed by atoms with E-state index in [1.165, 1.54) is 0 Å². The fourth-order valence-electron chi connectivity index (χ4n) is 2.23. The Morgan fingerprint density at radius 2 is 2.18 bits per heavy atom. The number of benzene rings is 1. The van der Waals surface area contributed by atoms with Gasteiger partial charge in [0.05, 0.1) is 0 Å². The monoisotopic (exact) mass is 344 g/mol. The van der Waals surface area contributed by atoms with E-state index >= 15 is 0 Å². The topological polar surface area (TPSA) is 32.3 Å². The van der Waals surface area contributed by atoms with Gasteiger partial charge < -0.3 is 10.2 Å². The van der Waals surface area contributed by atoms with E-state index in [2.05, 4.69) is 27.9 Å². The molecule has 17 heavy (non-hydrogen) atoms. The molecule has 1 aromatic rings. The molecule has 1 aliphatic heterocycles. The third-order valence-electron chi connectivity index (χ3n) is 3.17. The molecule has 92 valence electrons.